The summed E-state index contributed by atoms with van der Waals surface area (Å²) in [6, 6.07) is 4.86. The Labute approximate surface area is 122 Å². The van der Waals surface area contributed by atoms with Gasteiger partial charge in [-0.25, -0.2) is 4.39 Å². The van der Waals surface area contributed by atoms with Crippen molar-refractivity contribution in [1.82, 2.24) is 4.90 Å². The van der Waals surface area contributed by atoms with Crippen LogP contribution in [0.15, 0.2) is 22.7 Å². The zero-order valence-electron chi connectivity index (χ0n) is 11.3. The number of carbonyl (C=O) groups excluding carboxylic acids is 1. The van der Waals surface area contributed by atoms with Crippen molar-refractivity contribution in [3.63, 3.8) is 0 Å². The van der Waals surface area contributed by atoms with Crippen LogP contribution in [0.1, 0.15) is 37.0 Å². The number of rotatable bonds is 2. The molecule has 0 N–H and O–H groups in total. The van der Waals surface area contributed by atoms with Gasteiger partial charge in [0.05, 0.1) is 10.0 Å². The molecule has 1 aromatic carbocycles. The highest BCUT2D eigenvalue weighted by molar-refractivity contribution is 9.10. The Morgan fingerprint density at radius 1 is 1.37 bits per heavy atom. The van der Waals surface area contributed by atoms with Crippen molar-refractivity contribution in [2.24, 2.45) is 11.8 Å². The molecule has 0 unspecified atom stereocenters. The number of halogens is 2. The molecule has 0 saturated carbocycles. The number of carbonyl (C=O) groups is 1. The monoisotopic (exact) mass is 327 g/mol. The Morgan fingerprint density at radius 3 is 2.58 bits per heavy atom. The maximum atomic E-state index is 13.9. The van der Waals surface area contributed by atoms with Gasteiger partial charge in [-0.3, -0.25) is 4.79 Å². The Morgan fingerprint density at radius 2 is 2.00 bits per heavy atom. The maximum Gasteiger partial charge on any atom is 0.256 e. The van der Waals surface area contributed by atoms with Gasteiger partial charge in [-0.05, 0) is 52.7 Å². The molecule has 1 amide bonds. The van der Waals surface area contributed by atoms with Gasteiger partial charge in [0.2, 0.25) is 0 Å². The summed E-state index contributed by atoms with van der Waals surface area (Å²) in [5, 5.41) is 0. The fraction of sp³-hybridized carbons (Fsp3) is 0.533. The summed E-state index contributed by atoms with van der Waals surface area (Å²) in [4.78, 5) is 14.1. The highest BCUT2D eigenvalue weighted by Gasteiger charge is 2.26. The van der Waals surface area contributed by atoms with Crippen LogP contribution in [0.4, 0.5) is 4.39 Å². The first kappa shape index (κ1) is 14.5. The average molecular weight is 328 g/mol. The molecule has 19 heavy (non-hydrogen) atoms. The van der Waals surface area contributed by atoms with Crippen LogP contribution in [-0.2, 0) is 0 Å². The van der Waals surface area contributed by atoms with Crippen LogP contribution in [0.3, 0.4) is 0 Å². The number of nitrogens with zero attached hydrogens (tertiary/aromatic N) is 1. The standard InChI is InChI=1S/C15H19BrFNO/c1-10(2)11-6-8-18(9-7-11)15(19)12-4-3-5-13(16)14(12)17/h3-5,10-11H,6-9H2,1-2H3. The predicted octanol–water partition coefficient (Wildman–Crippen LogP) is 4.10. The summed E-state index contributed by atoms with van der Waals surface area (Å²) in [6.07, 6.45) is 2.03. The van der Waals surface area contributed by atoms with Gasteiger partial charge < -0.3 is 4.90 Å². The van der Waals surface area contributed by atoms with Crippen molar-refractivity contribution in [3.05, 3.63) is 34.1 Å². The van der Waals surface area contributed by atoms with Crippen molar-refractivity contribution in [1.29, 1.82) is 0 Å². The van der Waals surface area contributed by atoms with Gasteiger partial charge in [-0.2, -0.15) is 0 Å². The number of amides is 1. The molecule has 2 rings (SSSR count). The van der Waals surface area contributed by atoms with E-state index >= 15 is 0 Å². The van der Waals surface area contributed by atoms with E-state index in [0.29, 0.717) is 16.3 Å². The van der Waals surface area contributed by atoms with Crippen LogP contribution < -0.4 is 0 Å². The minimum Gasteiger partial charge on any atom is -0.339 e. The van der Waals surface area contributed by atoms with Gasteiger partial charge in [0, 0.05) is 13.1 Å². The third-order valence-corrected chi connectivity index (χ3v) is 4.56. The van der Waals surface area contributed by atoms with Gasteiger partial charge in [-0.1, -0.05) is 19.9 Å². The van der Waals surface area contributed by atoms with Crippen molar-refractivity contribution in [2.45, 2.75) is 26.7 Å². The van der Waals surface area contributed by atoms with E-state index in [1.807, 2.05) is 0 Å². The molecule has 1 aliphatic rings. The quantitative estimate of drug-likeness (QED) is 0.800. The Balaban J connectivity index is 2.07. The molecular formula is C15H19BrFNO. The summed E-state index contributed by atoms with van der Waals surface area (Å²) in [7, 11) is 0. The largest absolute Gasteiger partial charge is 0.339 e. The topological polar surface area (TPSA) is 20.3 Å². The molecule has 1 fully saturated rings. The molecule has 1 heterocycles. The second-order valence-corrected chi connectivity index (χ2v) is 6.33. The molecular weight excluding hydrogens is 309 g/mol. The first-order valence-corrected chi connectivity index (χ1v) is 7.53. The first-order chi connectivity index (χ1) is 9.00. The van der Waals surface area contributed by atoms with Crippen LogP contribution in [-0.4, -0.2) is 23.9 Å². The van der Waals surface area contributed by atoms with Crippen LogP contribution in [0.5, 0.6) is 0 Å². The predicted molar refractivity (Wildman–Crippen MR) is 77.6 cm³/mol. The van der Waals surface area contributed by atoms with E-state index in [1.165, 1.54) is 0 Å². The third-order valence-electron chi connectivity index (χ3n) is 3.95. The van der Waals surface area contributed by atoms with E-state index < -0.39 is 5.82 Å². The fourth-order valence-corrected chi connectivity index (χ4v) is 2.97. The van der Waals surface area contributed by atoms with E-state index in [-0.39, 0.29) is 11.5 Å². The van der Waals surface area contributed by atoms with Crippen LogP contribution in [0, 0.1) is 17.7 Å². The Hall–Kier alpha value is -0.900. The minimum atomic E-state index is -0.460. The van der Waals surface area contributed by atoms with Gasteiger partial charge >= 0.3 is 0 Å². The van der Waals surface area contributed by atoms with E-state index in [2.05, 4.69) is 29.8 Å². The van der Waals surface area contributed by atoms with Gasteiger partial charge in [0.25, 0.3) is 5.91 Å². The Bertz CT molecular complexity index is 467. The van der Waals surface area contributed by atoms with Crippen molar-refractivity contribution in [3.8, 4) is 0 Å². The molecule has 2 nitrogen and oxygen atoms in total. The average Bonchev–Trinajstić information content (AvgIpc) is 2.41. The smallest absolute Gasteiger partial charge is 0.256 e. The van der Waals surface area contributed by atoms with Crippen molar-refractivity contribution < 1.29 is 9.18 Å². The Kier molecular flexibility index (Phi) is 4.61. The number of hydrogen-bond acceptors (Lipinski definition) is 1. The molecule has 1 aliphatic heterocycles. The summed E-state index contributed by atoms with van der Waals surface area (Å²) in [5.74, 6) is 0.677. The lowest BCUT2D eigenvalue weighted by Gasteiger charge is -2.34. The number of piperidine rings is 1. The molecule has 1 saturated heterocycles. The maximum absolute atomic E-state index is 13.9. The van der Waals surface area contributed by atoms with E-state index in [0.717, 1.165) is 25.9 Å². The van der Waals surface area contributed by atoms with Crippen LogP contribution in [0.25, 0.3) is 0 Å². The molecule has 0 bridgehead atoms. The molecule has 0 aromatic heterocycles. The van der Waals surface area contributed by atoms with E-state index in [9.17, 15) is 9.18 Å². The lowest BCUT2D eigenvalue weighted by molar-refractivity contribution is 0.0663. The van der Waals surface area contributed by atoms with E-state index in [4.69, 9.17) is 0 Å². The molecule has 4 heteroatoms. The molecule has 0 atom stereocenters. The second-order valence-electron chi connectivity index (χ2n) is 5.48. The molecule has 1 aromatic rings. The summed E-state index contributed by atoms with van der Waals surface area (Å²) < 4.78 is 14.3. The lowest BCUT2D eigenvalue weighted by atomic mass is 9.86. The van der Waals surface area contributed by atoms with Crippen molar-refractivity contribution in [2.75, 3.05) is 13.1 Å². The zero-order chi connectivity index (χ0) is 14.0. The highest BCUT2D eigenvalue weighted by Crippen LogP contribution is 2.26. The first-order valence-electron chi connectivity index (χ1n) is 6.74. The summed E-state index contributed by atoms with van der Waals surface area (Å²) in [6.45, 7) is 5.90. The molecule has 0 spiro atoms. The van der Waals surface area contributed by atoms with E-state index in [1.54, 1.807) is 23.1 Å². The number of hydrogen-bond donors (Lipinski definition) is 0. The van der Waals surface area contributed by atoms with Crippen molar-refractivity contribution >= 4 is 21.8 Å². The third kappa shape index (κ3) is 3.16. The number of likely N-dealkylation sites (tertiary alicyclic amines) is 1. The second kappa shape index (κ2) is 6.04. The molecule has 104 valence electrons. The van der Waals surface area contributed by atoms with Gasteiger partial charge in [0.15, 0.2) is 0 Å². The highest BCUT2D eigenvalue weighted by atomic mass is 79.9. The number of benzene rings is 1. The minimum absolute atomic E-state index is 0.164. The summed E-state index contributed by atoms with van der Waals surface area (Å²) in [5.41, 5.74) is 0.164. The van der Waals surface area contributed by atoms with Gasteiger partial charge in [0.1, 0.15) is 5.82 Å². The molecule has 0 aliphatic carbocycles. The normalized spacial score (nSPS) is 17.0. The zero-order valence-corrected chi connectivity index (χ0v) is 12.9. The summed E-state index contributed by atoms with van der Waals surface area (Å²) >= 11 is 3.12. The lowest BCUT2D eigenvalue weighted by Crippen LogP contribution is -2.39. The molecule has 0 radical (unpaired) electrons. The van der Waals surface area contributed by atoms with Gasteiger partial charge in [-0.15, -0.1) is 0 Å². The van der Waals surface area contributed by atoms with Crippen LogP contribution in [0.2, 0.25) is 0 Å². The SMILES string of the molecule is CC(C)C1CCN(C(=O)c2cccc(Br)c2F)CC1. The van der Waals surface area contributed by atoms with Crippen LogP contribution >= 0.6 is 15.9 Å². The fourth-order valence-electron chi connectivity index (χ4n) is 2.61.